The molecule has 1 aromatic carbocycles. The van der Waals surface area contributed by atoms with Crippen molar-refractivity contribution in [3.8, 4) is 11.5 Å². The van der Waals surface area contributed by atoms with Gasteiger partial charge in [0.2, 0.25) is 5.91 Å². The summed E-state index contributed by atoms with van der Waals surface area (Å²) >= 11 is 0. The first-order chi connectivity index (χ1) is 8.54. The van der Waals surface area contributed by atoms with E-state index in [0.29, 0.717) is 18.7 Å². The van der Waals surface area contributed by atoms with Gasteiger partial charge in [0.25, 0.3) is 0 Å². The summed E-state index contributed by atoms with van der Waals surface area (Å²) in [6.07, 6.45) is 2.38. The molecule has 0 spiro atoms. The van der Waals surface area contributed by atoms with Crippen molar-refractivity contribution < 1.29 is 19.7 Å². The number of anilines is 1. The second-order valence-electron chi connectivity index (χ2n) is 4.86. The number of hydrogen-bond acceptors (Lipinski definition) is 4. The molecule has 1 saturated carbocycles. The van der Waals surface area contributed by atoms with Crippen molar-refractivity contribution >= 4 is 11.6 Å². The smallest absolute Gasteiger partial charge is 0.225 e. The molecular formula is C13H17NO4. The monoisotopic (exact) mass is 251 g/mol. The minimum atomic E-state index is -0.148. The summed E-state index contributed by atoms with van der Waals surface area (Å²) in [5.74, 6) is -0.325. The number of amides is 1. The Morgan fingerprint density at radius 3 is 2.72 bits per heavy atom. The third-order valence-electron chi connectivity index (χ3n) is 3.20. The third-order valence-corrected chi connectivity index (χ3v) is 3.20. The molecule has 1 fully saturated rings. The third kappa shape index (κ3) is 2.92. The Kier molecular flexibility index (Phi) is 3.43. The van der Waals surface area contributed by atoms with Gasteiger partial charge < -0.3 is 20.3 Å². The van der Waals surface area contributed by atoms with Gasteiger partial charge >= 0.3 is 0 Å². The molecule has 1 aromatic rings. The van der Waals surface area contributed by atoms with E-state index in [-0.39, 0.29) is 22.8 Å². The minimum Gasteiger partial charge on any atom is -0.508 e. The molecular weight excluding hydrogens is 234 g/mol. The fourth-order valence-corrected chi connectivity index (χ4v) is 2.02. The summed E-state index contributed by atoms with van der Waals surface area (Å²) in [5.41, 5.74) is 0.289. The van der Waals surface area contributed by atoms with Crippen LogP contribution in [0.1, 0.15) is 19.3 Å². The number of carbonyl (C=O) groups is 1. The van der Waals surface area contributed by atoms with Crippen LogP contribution in [0.3, 0.4) is 0 Å². The fourth-order valence-electron chi connectivity index (χ4n) is 2.02. The lowest BCUT2D eigenvalue weighted by Gasteiger charge is -2.14. The van der Waals surface area contributed by atoms with Crippen LogP contribution in [0, 0.1) is 5.41 Å². The van der Waals surface area contributed by atoms with E-state index in [9.17, 15) is 9.90 Å². The first kappa shape index (κ1) is 12.7. The SMILES string of the molecule is COCC1(CC(=O)Nc2ccc(O)cc2O)CC1. The lowest BCUT2D eigenvalue weighted by atomic mass is 10.0. The summed E-state index contributed by atoms with van der Waals surface area (Å²) in [6, 6.07) is 4.08. The quantitative estimate of drug-likeness (QED) is 0.551. The number of carbonyl (C=O) groups excluding carboxylic acids is 1. The lowest BCUT2D eigenvalue weighted by molar-refractivity contribution is -0.117. The molecule has 0 aliphatic heterocycles. The zero-order chi connectivity index (χ0) is 13.2. The van der Waals surface area contributed by atoms with Crippen molar-refractivity contribution in [1.29, 1.82) is 0 Å². The summed E-state index contributed by atoms with van der Waals surface area (Å²) in [4.78, 5) is 11.8. The molecule has 1 amide bonds. The zero-order valence-electron chi connectivity index (χ0n) is 10.3. The Labute approximate surface area is 105 Å². The predicted molar refractivity (Wildman–Crippen MR) is 66.6 cm³/mol. The van der Waals surface area contributed by atoms with E-state index in [1.807, 2.05) is 0 Å². The van der Waals surface area contributed by atoms with Crippen molar-refractivity contribution in [3.05, 3.63) is 18.2 Å². The number of rotatable bonds is 5. The molecule has 0 bridgehead atoms. The largest absolute Gasteiger partial charge is 0.508 e. The minimum absolute atomic E-state index is 0.0224. The number of ether oxygens (including phenoxy) is 1. The maximum Gasteiger partial charge on any atom is 0.225 e. The fraction of sp³-hybridized carbons (Fsp3) is 0.462. The molecule has 1 aliphatic rings. The van der Waals surface area contributed by atoms with Crippen LogP contribution in [-0.2, 0) is 9.53 Å². The molecule has 0 heterocycles. The van der Waals surface area contributed by atoms with E-state index < -0.39 is 0 Å². The number of nitrogens with one attached hydrogen (secondary N) is 1. The first-order valence-corrected chi connectivity index (χ1v) is 5.85. The number of phenolic OH excluding ortho intramolecular Hbond substituents is 2. The van der Waals surface area contributed by atoms with Gasteiger partial charge in [0.15, 0.2) is 0 Å². The van der Waals surface area contributed by atoms with Gasteiger partial charge in [0.05, 0.1) is 12.3 Å². The molecule has 5 nitrogen and oxygen atoms in total. The number of benzene rings is 1. The Morgan fingerprint density at radius 2 is 2.17 bits per heavy atom. The highest BCUT2D eigenvalue weighted by atomic mass is 16.5. The Balaban J connectivity index is 1.95. The first-order valence-electron chi connectivity index (χ1n) is 5.85. The van der Waals surface area contributed by atoms with Gasteiger partial charge in [-0.25, -0.2) is 0 Å². The highest BCUT2D eigenvalue weighted by Crippen LogP contribution is 2.49. The average Bonchev–Trinajstić information content (AvgIpc) is 3.02. The van der Waals surface area contributed by atoms with Crippen LogP contribution in [0.5, 0.6) is 11.5 Å². The van der Waals surface area contributed by atoms with E-state index in [0.717, 1.165) is 12.8 Å². The standard InChI is InChI=1S/C13H17NO4/c1-18-8-13(4-5-13)7-12(17)14-10-3-2-9(15)6-11(10)16/h2-3,6,15-16H,4-5,7-8H2,1H3,(H,14,17). The second-order valence-corrected chi connectivity index (χ2v) is 4.86. The second kappa shape index (κ2) is 4.86. The molecule has 2 rings (SSSR count). The van der Waals surface area contributed by atoms with Crippen LogP contribution < -0.4 is 5.32 Å². The van der Waals surface area contributed by atoms with Crippen molar-refractivity contribution in [2.45, 2.75) is 19.3 Å². The molecule has 0 radical (unpaired) electrons. The average molecular weight is 251 g/mol. The van der Waals surface area contributed by atoms with Crippen LogP contribution in [-0.4, -0.2) is 29.8 Å². The molecule has 1 aliphatic carbocycles. The normalized spacial score (nSPS) is 16.3. The van der Waals surface area contributed by atoms with Crippen molar-refractivity contribution in [2.24, 2.45) is 5.41 Å². The van der Waals surface area contributed by atoms with Gasteiger partial charge in [-0.1, -0.05) is 0 Å². The summed E-state index contributed by atoms with van der Waals surface area (Å²) in [5, 5.41) is 21.3. The van der Waals surface area contributed by atoms with Gasteiger partial charge in [-0.05, 0) is 25.0 Å². The Hall–Kier alpha value is -1.75. The van der Waals surface area contributed by atoms with E-state index in [2.05, 4.69) is 5.32 Å². The van der Waals surface area contributed by atoms with Crippen LogP contribution >= 0.6 is 0 Å². The summed E-state index contributed by atoms with van der Waals surface area (Å²) in [7, 11) is 1.63. The Bertz CT molecular complexity index is 454. The molecule has 0 atom stereocenters. The topological polar surface area (TPSA) is 78.8 Å². The number of methoxy groups -OCH3 is 1. The van der Waals surface area contributed by atoms with E-state index >= 15 is 0 Å². The molecule has 5 heteroatoms. The highest BCUT2D eigenvalue weighted by molar-refractivity contribution is 5.92. The molecule has 98 valence electrons. The van der Waals surface area contributed by atoms with Gasteiger partial charge in [0, 0.05) is 25.0 Å². The van der Waals surface area contributed by atoms with Crippen molar-refractivity contribution in [2.75, 3.05) is 19.0 Å². The van der Waals surface area contributed by atoms with Gasteiger partial charge in [-0.2, -0.15) is 0 Å². The van der Waals surface area contributed by atoms with E-state index in [1.54, 1.807) is 7.11 Å². The van der Waals surface area contributed by atoms with E-state index in [1.165, 1.54) is 18.2 Å². The molecule has 0 unspecified atom stereocenters. The van der Waals surface area contributed by atoms with Crippen molar-refractivity contribution in [1.82, 2.24) is 0 Å². The maximum atomic E-state index is 11.8. The van der Waals surface area contributed by atoms with Crippen LogP contribution in [0.2, 0.25) is 0 Å². The van der Waals surface area contributed by atoms with Gasteiger partial charge in [-0.3, -0.25) is 4.79 Å². The number of aromatic hydroxyl groups is 2. The summed E-state index contributed by atoms with van der Waals surface area (Å²) in [6.45, 7) is 0.585. The molecule has 0 saturated heterocycles. The molecule has 0 aromatic heterocycles. The number of phenols is 2. The molecule has 18 heavy (non-hydrogen) atoms. The molecule has 3 N–H and O–H groups in total. The Morgan fingerprint density at radius 1 is 1.44 bits per heavy atom. The predicted octanol–water partition coefficient (Wildman–Crippen LogP) is 1.85. The van der Waals surface area contributed by atoms with Crippen LogP contribution in [0.4, 0.5) is 5.69 Å². The summed E-state index contributed by atoms with van der Waals surface area (Å²) < 4.78 is 5.10. The highest BCUT2D eigenvalue weighted by Gasteiger charge is 2.44. The van der Waals surface area contributed by atoms with Crippen molar-refractivity contribution in [3.63, 3.8) is 0 Å². The number of hydrogen-bond donors (Lipinski definition) is 3. The van der Waals surface area contributed by atoms with Crippen LogP contribution in [0.15, 0.2) is 18.2 Å². The lowest BCUT2D eigenvalue weighted by Crippen LogP contribution is -2.20. The zero-order valence-corrected chi connectivity index (χ0v) is 10.3. The van der Waals surface area contributed by atoms with Gasteiger partial charge in [-0.15, -0.1) is 0 Å². The van der Waals surface area contributed by atoms with E-state index in [4.69, 9.17) is 9.84 Å². The van der Waals surface area contributed by atoms with Crippen LogP contribution in [0.25, 0.3) is 0 Å². The van der Waals surface area contributed by atoms with Gasteiger partial charge in [0.1, 0.15) is 11.5 Å². The maximum absolute atomic E-state index is 11.8.